The number of thioether (sulfide) groups is 1. The molecule has 1 spiro atoms. The van der Waals surface area contributed by atoms with Crippen molar-refractivity contribution in [1.29, 1.82) is 0 Å². The summed E-state index contributed by atoms with van der Waals surface area (Å²) in [7, 11) is 1.59. The van der Waals surface area contributed by atoms with Crippen molar-refractivity contribution >= 4 is 40.9 Å². The number of hydrogen-bond donors (Lipinski definition) is 1. The number of aliphatic hydroxyl groups is 1. The Morgan fingerprint density at radius 3 is 2.18 bits per heavy atom. The van der Waals surface area contributed by atoms with Crippen LogP contribution in [0.25, 0.3) is 0 Å². The van der Waals surface area contributed by atoms with Gasteiger partial charge in [-0.15, -0.1) is 11.8 Å². The van der Waals surface area contributed by atoms with E-state index in [1.165, 1.54) is 0 Å². The molecule has 0 aromatic heterocycles. The maximum Gasteiger partial charge on any atom is 0.251 e. The van der Waals surface area contributed by atoms with Gasteiger partial charge in [-0.05, 0) is 48.4 Å². The number of benzene rings is 3. The molecule has 230 valence electrons. The van der Waals surface area contributed by atoms with Crippen LogP contribution in [-0.2, 0) is 20.8 Å². The third kappa shape index (κ3) is 4.85. The second kappa shape index (κ2) is 11.9. The Labute approximate surface area is 267 Å². The molecule has 6 atom stereocenters. The van der Waals surface area contributed by atoms with Crippen LogP contribution >= 0.6 is 11.8 Å². The minimum atomic E-state index is -0.992. The Kier molecular flexibility index (Phi) is 7.75. The number of methoxy groups -OCH3 is 1. The first-order valence-corrected chi connectivity index (χ1v) is 16.2. The minimum Gasteiger partial charge on any atom is -0.497 e. The van der Waals surface area contributed by atoms with Gasteiger partial charge in [0.15, 0.2) is 0 Å². The molecule has 4 aliphatic rings. The zero-order valence-electron chi connectivity index (χ0n) is 24.9. The van der Waals surface area contributed by atoms with Crippen molar-refractivity contribution < 1.29 is 24.2 Å². The fourth-order valence-electron chi connectivity index (χ4n) is 7.44. The molecule has 0 bridgehead atoms. The molecule has 7 rings (SSSR count). The lowest BCUT2D eigenvalue weighted by molar-refractivity contribution is -0.141. The molecule has 1 N–H and O–H groups in total. The average Bonchev–Trinajstić information content (AvgIpc) is 3.39. The van der Waals surface area contributed by atoms with Crippen LogP contribution < -0.4 is 14.5 Å². The van der Waals surface area contributed by atoms with E-state index in [0.717, 1.165) is 11.3 Å². The van der Waals surface area contributed by atoms with E-state index in [0.29, 0.717) is 30.9 Å². The molecule has 3 amide bonds. The van der Waals surface area contributed by atoms with E-state index in [1.807, 2.05) is 109 Å². The Balaban J connectivity index is 1.33. The second-order valence-electron chi connectivity index (χ2n) is 11.9. The van der Waals surface area contributed by atoms with Crippen LogP contribution in [0.15, 0.2) is 109 Å². The summed E-state index contributed by atoms with van der Waals surface area (Å²) in [6.07, 6.45) is 8.38. The fourth-order valence-corrected chi connectivity index (χ4v) is 9.43. The van der Waals surface area contributed by atoms with Gasteiger partial charge in [0.1, 0.15) is 11.8 Å². The van der Waals surface area contributed by atoms with Crippen molar-refractivity contribution in [3.8, 4) is 5.75 Å². The van der Waals surface area contributed by atoms with Gasteiger partial charge >= 0.3 is 0 Å². The van der Waals surface area contributed by atoms with E-state index >= 15 is 0 Å². The first kappa shape index (κ1) is 29.4. The van der Waals surface area contributed by atoms with E-state index in [2.05, 4.69) is 0 Å². The van der Waals surface area contributed by atoms with E-state index in [9.17, 15) is 19.5 Å². The number of hydrogen-bond acceptors (Lipinski definition) is 6. The van der Waals surface area contributed by atoms with Crippen LogP contribution in [0.3, 0.4) is 0 Å². The molecule has 9 heteroatoms. The third-order valence-electron chi connectivity index (χ3n) is 9.47. The van der Waals surface area contributed by atoms with Gasteiger partial charge in [-0.2, -0.15) is 0 Å². The number of para-hydroxylation sites is 1. The predicted octanol–water partition coefficient (Wildman–Crippen LogP) is 4.10. The molecule has 4 heterocycles. The first-order chi connectivity index (χ1) is 22.0. The molecule has 8 nitrogen and oxygen atoms in total. The van der Waals surface area contributed by atoms with Crippen LogP contribution in [0.4, 0.5) is 11.4 Å². The molecular formula is C36H35N3O5S. The molecule has 45 heavy (non-hydrogen) atoms. The van der Waals surface area contributed by atoms with Crippen molar-refractivity contribution in [3.63, 3.8) is 0 Å². The predicted molar refractivity (Wildman–Crippen MR) is 175 cm³/mol. The number of carbonyl (C=O) groups excluding carboxylic acids is 3. The van der Waals surface area contributed by atoms with Crippen LogP contribution in [0.1, 0.15) is 5.56 Å². The Morgan fingerprint density at radius 1 is 0.844 bits per heavy atom. The SMILES string of the molecule is COc1ccc(N2CC=C[C@]34S[C@H]5C=CCN(c6ccccc6)C(=O)[C@H]5[C@H]3C(=O)N([C@@H](CO)Cc3ccccc3)C4C2=O)cc1. The summed E-state index contributed by atoms with van der Waals surface area (Å²) in [4.78, 5) is 49.2. The van der Waals surface area contributed by atoms with Gasteiger partial charge in [0.25, 0.3) is 5.91 Å². The summed E-state index contributed by atoms with van der Waals surface area (Å²) in [5.74, 6) is -1.39. The number of nitrogens with zero attached hydrogens (tertiary/aromatic N) is 3. The van der Waals surface area contributed by atoms with Crippen LogP contribution in [0, 0.1) is 11.8 Å². The maximum absolute atomic E-state index is 14.9. The molecule has 0 saturated carbocycles. The zero-order chi connectivity index (χ0) is 31.1. The number of rotatable bonds is 7. The highest BCUT2D eigenvalue weighted by atomic mass is 32.2. The van der Waals surface area contributed by atoms with Crippen molar-refractivity contribution in [3.05, 3.63) is 115 Å². The standard InChI is InChI=1S/C36H35N3O5S/c1-44-28-17-15-26(16-18-28)38-21-9-19-36-31(30-29(45-36)14-8-20-37(33(30)41)25-12-6-3-7-13-25)34(42)39(32(36)35(38)43)27(23-40)22-24-10-4-2-5-11-24/h2-19,27,29-32,40H,20-23H2,1H3/t27-,29+,30-,31+,32?,36+/m1/s1. The first-order valence-electron chi connectivity index (χ1n) is 15.3. The van der Waals surface area contributed by atoms with Gasteiger partial charge < -0.3 is 24.5 Å². The highest BCUT2D eigenvalue weighted by Crippen LogP contribution is 2.61. The van der Waals surface area contributed by atoms with E-state index in [4.69, 9.17) is 4.74 Å². The quantitative estimate of drug-likeness (QED) is 0.400. The third-order valence-corrected chi connectivity index (χ3v) is 11.2. The van der Waals surface area contributed by atoms with Gasteiger partial charge in [0.05, 0.1) is 36.3 Å². The van der Waals surface area contributed by atoms with E-state index in [1.54, 1.807) is 33.6 Å². The molecule has 2 saturated heterocycles. The Morgan fingerprint density at radius 2 is 1.49 bits per heavy atom. The van der Waals surface area contributed by atoms with Gasteiger partial charge in [-0.3, -0.25) is 14.4 Å². The molecular weight excluding hydrogens is 586 g/mol. The molecule has 2 fully saturated rings. The summed E-state index contributed by atoms with van der Waals surface area (Å²) in [6.45, 7) is 0.406. The zero-order valence-corrected chi connectivity index (χ0v) is 25.8. The van der Waals surface area contributed by atoms with Gasteiger partial charge in [-0.1, -0.05) is 72.8 Å². The Hall–Kier alpha value is -4.34. The fraction of sp³-hybridized carbons (Fsp3) is 0.306. The van der Waals surface area contributed by atoms with Gasteiger partial charge in [0.2, 0.25) is 11.8 Å². The largest absolute Gasteiger partial charge is 0.497 e. The number of amides is 3. The minimum absolute atomic E-state index is 0.125. The van der Waals surface area contributed by atoms with Crippen molar-refractivity contribution in [2.24, 2.45) is 11.8 Å². The summed E-state index contributed by atoms with van der Waals surface area (Å²) in [5, 5.41) is 10.5. The molecule has 3 aromatic carbocycles. The van der Waals surface area contributed by atoms with Crippen molar-refractivity contribution in [2.45, 2.75) is 28.5 Å². The summed E-state index contributed by atoms with van der Waals surface area (Å²) >= 11 is 1.54. The smallest absolute Gasteiger partial charge is 0.251 e. The summed E-state index contributed by atoms with van der Waals surface area (Å²) in [6, 6.07) is 24.9. The molecule has 0 radical (unpaired) electrons. The van der Waals surface area contributed by atoms with E-state index in [-0.39, 0.29) is 29.6 Å². The lowest BCUT2D eigenvalue weighted by Gasteiger charge is -2.38. The lowest BCUT2D eigenvalue weighted by atomic mass is 9.78. The highest BCUT2D eigenvalue weighted by Gasteiger charge is 2.71. The maximum atomic E-state index is 14.9. The van der Waals surface area contributed by atoms with E-state index < -0.39 is 28.7 Å². The van der Waals surface area contributed by atoms with Gasteiger partial charge in [0, 0.05) is 29.7 Å². The summed E-state index contributed by atoms with van der Waals surface area (Å²) in [5.41, 5.74) is 2.41. The number of carbonyl (C=O) groups is 3. The molecule has 0 aliphatic carbocycles. The second-order valence-corrected chi connectivity index (χ2v) is 13.4. The lowest BCUT2D eigenvalue weighted by Crippen LogP contribution is -2.57. The van der Waals surface area contributed by atoms with Crippen molar-refractivity contribution in [2.75, 3.05) is 36.6 Å². The summed E-state index contributed by atoms with van der Waals surface area (Å²) < 4.78 is 4.35. The topological polar surface area (TPSA) is 90.4 Å². The molecule has 3 aromatic rings. The van der Waals surface area contributed by atoms with Crippen LogP contribution in [0.2, 0.25) is 0 Å². The average molecular weight is 622 g/mol. The molecule has 1 unspecified atom stereocenters. The number of aliphatic hydroxyl groups excluding tert-OH is 1. The number of fused-ring (bicyclic) bond motifs is 2. The monoisotopic (exact) mass is 621 g/mol. The number of likely N-dealkylation sites (tertiary alicyclic amines) is 1. The van der Waals surface area contributed by atoms with Gasteiger partial charge in [-0.25, -0.2) is 0 Å². The Bertz CT molecular complexity index is 1650. The van der Waals surface area contributed by atoms with Crippen molar-refractivity contribution in [1.82, 2.24) is 4.90 Å². The highest BCUT2D eigenvalue weighted by molar-refractivity contribution is 8.02. The molecule has 4 aliphatic heterocycles. The normalized spacial score (nSPS) is 28.0. The van der Waals surface area contributed by atoms with Crippen LogP contribution in [0.5, 0.6) is 5.75 Å². The van der Waals surface area contributed by atoms with Crippen LogP contribution in [-0.4, -0.2) is 76.6 Å². The number of ether oxygens (including phenoxy) is 1. The number of anilines is 2.